The minimum absolute atomic E-state index is 0.0689. The third-order valence-corrected chi connectivity index (χ3v) is 5.42. The van der Waals surface area contributed by atoms with Gasteiger partial charge in [-0.15, -0.1) is 11.3 Å². The van der Waals surface area contributed by atoms with Crippen molar-refractivity contribution < 1.29 is 13.5 Å². The molecule has 0 saturated carbocycles. The van der Waals surface area contributed by atoms with Gasteiger partial charge in [0, 0.05) is 0 Å². The number of hydrogen-bond acceptors (Lipinski definition) is 4. The molecule has 1 aromatic carbocycles. The Hall–Kier alpha value is -0.950. The highest BCUT2D eigenvalue weighted by Gasteiger charge is 2.17. The monoisotopic (exact) mass is 323 g/mol. The minimum atomic E-state index is -3.68. The average Bonchev–Trinajstić information content (AvgIpc) is 2.71. The van der Waals surface area contributed by atoms with Gasteiger partial charge in [-0.05, 0) is 30.3 Å². The van der Waals surface area contributed by atoms with Crippen LogP contribution in [-0.2, 0) is 10.0 Å². The number of hydrogen-bond donors (Lipinski definition) is 2. The number of rotatable bonds is 3. The summed E-state index contributed by atoms with van der Waals surface area (Å²) >= 11 is 12.3. The summed E-state index contributed by atoms with van der Waals surface area (Å²) in [7, 11) is -3.68. The summed E-state index contributed by atoms with van der Waals surface area (Å²) in [6.45, 7) is 0. The first-order valence-corrected chi connectivity index (χ1v) is 7.71. The Balaban J connectivity index is 2.30. The van der Waals surface area contributed by atoms with Gasteiger partial charge in [0.15, 0.2) is 0 Å². The molecule has 0 unspecified atom stereocenters. The molecule has 0 saturated heterocycles. The number of thiophene rings is 1. The van der Waals surface area contributed by atoms with E-state index in [9.17, 15) is 13.5 Å². The number of anilines is 1. The van der Waals surface area contributed by atoms with Crippen LogP contribution in [0.25, 0.3) is 0 Å². The number of halogens is 2. The van der Waals surface area contributed by atoms with Gasteiger partial charge >= 0.3 is 0 Å². The van der Waals surface area contributed by atoms with Crippen molar-refractivity contribution in [1.29, 1.82) is 0 Å². The molecule has 1 heterocycles. The molecule has 0 spiro atoms. The van der Waals surface area contributed by atoms with E-state index in [2.05, 4.69) is 4.72 Å². The zero-order valence-electron chi connectivity index (χ0n) is 8.72. The Kier molecular flexibility index (Phi) is 3.72. The molecular weight excluding hydrogens is 317 g/mol. The fraction of sp³-hybridized carbons (Fsp3) is 0. The Bertz CT molecular complexity index is 682. The standard InChI is InChI=1S/C10H7Cl2NO3S2/c11-7-5-6(1-2-8(7)14)13-18(15,16)10-4-3-9(12)17-10/h1-5,13-14H. The Morgan fingerprint density at radius 2 is 1.89 bits per heavy atom. The van der Waals surface area contributed by atoms with E-state index < -0.39 is 10.0 Å². The van der Waals surface area contributed by atoms with E-state index in [0.29, 0.717) is 4.34 Å². The fourth-order valence-corrected chi connectivity index (χ4v) is 3.93. The Morgan fingerprint density at radius 3 is 2.44 bits per heavy atom. The van der Waals surface area contributed by atoms with Crippen molar-refractivity contribution in [2.45, 2.75) is 4.21 Å². The number of sulfonamides is 1. The first kappa shape index (κ1) is 13.5. The second-order valence-corrected chi connectivity index (χ2v) is 7.36. The van der Waals surface area contributed by atoms with Gasteiger partial charge in [0.2, 0.25) is 0 Å². The van der Waals surface area contributed by atoms with E-state index in [1.54, 1.807) is 0 Å². The largest absolute Gasteiger partial charge is 0.506 e. The maximum atomic E-state index is 11.9. The Morgan fingerprint density at radius 1 is 1.17 bits per heavy atom. The number of aromatic hydroxyl groups is 1. The summed E-state index contributed by atoms with van der Waals surface area (Å²) in [5, 5.41) is 9.31. The van der Waals surface area contributed by atoms with Crippen LogP contribution in [0.3, 0.4) is 0 Å². The molecule has 0 aliphatic carbocycles. The lowest BCUT2D eigenvalue weighted by Crippen LogP contribution is -2.11. The van der Waals surface area contributed by atoms with Crippen LogP contribution in [0.4, 0.5) is 5.69 Å². The molecule has 0 bridgehead atoms. The lowest BCUT2D eigenvalue weighted by atomic mass is 10.3. The Labute approximate surface area is 118 Å². The van der Waals surface area contributed by atoms with Crippen LogP contribution >= 0.6 is 34.5 Å². The average molecular weight is 324 g/mol. The summed E-state index contributed by atoms with van der Waals surface area (Å²) in [5.41, 5.74) is 0.266. The van der Waals surface area contributed by atoms with E-state index in [-0.39, 0.29) is 20.7 Å². The quantitative estimate of drug-likeness (QED) is 0.849. The maximum absolute atomic E-state index is 11.9. The fourth-order valence-electron chi connectivity index (χ4n) is 1.22. The highest BCUT2D eigenvalue weighted by Crippen LogP contribution is 2.30. The molecule has 0 fully saturated rings. The van der Waals surface area contributed by atoms with E-state index in [1.807, 2.05) is 0 Å². The zero-order valence-corrected chi connectivity index (χ0v) is 11.9. The lowest BCUT2D eigenvalue weighted by Gasteiger charge is -2.06. The maximum Gasteiger partial charge on any atom is 0.271 e. The molecule has 96 valence electrons. The predicted molar refractivity (Wildman–Crippen MR) is 73.3 cm³/mol. The minimum Gasteiger partial charge on any atom is -0.506 e. The topological polar surface area (TPSA) is 66.4 Å². The molecule has 0 radical (unpaired) electrons. The second kappa shape index (κ2) is 4.97. The number of phenols is 1. The third kappa shape index (κ3) is 2.89. The van der Waals surface area contributed by atoms with Crippen molar-refractivity contribution in [3.8, 4) is 5.75 Å². The van der Waals surface area contributed by atoms with Crippen LogP contribution in [0.15, 0.2) is 34.5 Å². The molecule has 2 rings (SSSR count). The van der Waals surface area contributed by atoms with Gasteiger partial charge in [0.05, 0.1) is 15.0 Å². The molecule has 2 aromatic rings. The molecular formula is C10H7Cl2NO3S2. The second-order valence-electron chi connectivity index (χ2n) is 3.33. The summed E-state index contributed by atoms with van der Waals surface area (Å²) in [6.07, 6.45) is 0. The summed E-state index contributed by atoms with van der Waals surface area (Å²) in [5.74, 6) is -0.112. The summed E-state index contributed by atoms with van der Waals surface area (Å²) in [4.78, 5) is 0. The van der Waals surface area contributed by atoms with Gasteiger partial charge in [0.1, 0.15) is 9.96 Å². The molecule has 18 heavy (non-hydrogen) atoms. The molecule has 8 heteroatoms. The first-order valence-electron chi connectivity index (χ1n) is 4.65. The van der Waals surface area contributed by atoms with Crippen LogP contribution < -0.4 is 4.72 Å². The zero-order chi connectivity index (χ0) is 13.3. The van der Waals surface area contributed by atoms with Gasteiger partial charge in [-0.25, -0.2) is 8.42 Å². The van der Waals surface area contributed by atoms with Crippen LogP contribution in [-0.4, -0.2) is 13.5 Å². The third-order valence-electron chi connectivity index (χ3n) is 2.01. The number of nitrogens with one attached hydrogen (secondary N) is 1. The van der Waals surface area contributed by atoms with Gasteiger partial charge in [-0.2, -0.15) is 0 Å². The van der Waals surface area contributed by atoms with Crippen molar-refractivity contribution in [2.24, 2.45) is 0 Å². The first-order chi connectivity index (χ1) is 8.38. The van der Waals surface area contributed by atoms with Gasteiger partial charge in [-0.1, -0.05) is 23.2 Å². The van der Waals surface area contributed by atoms with E-state index >= 15 is 0 Å². The molecule has 0 atom stereocenters. The van der Waals surface area contributed by atoms with Crippen molar-refractivity contribution in [3.63, 3.8) is 0 Å². The van der Waals surface area contributed by atoms with Crippen molar-refractivity contribution >= 4 is 50.2 Å². The molecule has 0 amide bonds. The highest BCUT2D eigenvalue weighted by atomic mass is 35.5. The molecule has 1 aromatic heterocycles. The van der Waals surface area contributed by atoms with Gasteiger partial charge in [0.25, 0.3) is 10.0 Å². The van der Waals surface area contributed by atoms with E-state index in [0.717, 1.165) is 11.3 Å². The van der Waals surface area contributed by atoms with Crippen LogP contribution in [0.2, 0.25) is 9.36 Å². The van der Waals surface area contributed by atoms with Crippen LogP contribution in [0.5, 0.6) is 5.75 Å². The van der Waals surface area contributed by atoms with E-state index in [1.165, 1.54) is 30.3 Å². The summed E-state index contributed by atoms with van der Waals surface area (Å²) in [6, 6.07) is 6.96. The normalized spacial score (nSPS) is 11.4. The van der Waals surface area contributed by atoms with Gasteiger partial charge in [-0.3, -0.25) is 4.72 Å². The number of benzene rings is 1. The van der Waals surface area contributed by atoms with Crippen molar-refractivity contribution in [2.75, 3.05) is 4.72 Å². The molecule has 4 nitrogen and oxygen atoms in total. The van der Waals surface area contributed by atoms with Crippen LogP contribution in [0, 0.1) is 0 Å². The van der Waals surface area contributed by atoms with Crippen molar-refractivity contribution in [3.05, 3.63) is 39.7 Å². The smallest absolute Gasteiger partial charge is 0.271 e. The molecule has 2 N–H and O–H groups in total. The van der Waals surface area contributed by atoms with E-state index in [4.69, 9.17) is 23.2 Å². The number of phenolic OH excluding ortho intramolecular Hbond substituents is 1. The predicted octanol–water partition coefficient (Wildman–Crippen LogP) is 3.56. The summed E-state index contributed by atoms with van der Waals surface area (Å²) < 4.78 is 26.7. The SMILES string of the molecule is O=S(=O)(Nc1ccc(O)c(Cl)c1)c1ccc(Cl)s1. The van der Waals surface area contributed by atoms with Crippen molar-refractivity contribution in [1.82, 2.24) is 0 Å². The molecule has 0 aliphatic heterocycles. The molecule has 0 aliphatic rings. The van der Waals surface area contributed by atoms with Crippen LogP contribution in [0.1, 0.15) is 0 Å². The van der Waals surface area contributed by atoms with Gasteiger partial charge < -0.3 is 5.11 Å². The lowest BCUT2D eigenvalue weighted by molar-refractivity contribution is 0.475. The highest BCUT2D eigenvalue weighted by molar-refractivity contribution is 7.94.